The molecule has 0 aromatic heterocycles. The third-order valence-corrected chi connectivity index (χ3v) is 5.65. The summed E-state index contributed by atoms with van der Waals surface area (Å²) in [6.07, 6.45) is -0.0308. The highest BCUT2D eigenvalue weighted by Crippen LogP contribution is 2.24. The van der Waals surface area contributed by atoms with Crippen LogP contribution in [0, 0.1) is 6.92 Å². The summed E-state index contributed by atoms with van der Waals surface area (Å²) in [4.78, 5) is 13.7. The van der Waals surface area contributed by atoms with Gasteiger partial charge in [-0.1, -0.05) is 24.6 Å². The summed E-state index contributed by atoms with van der Waals surface area (Å²) in [7, 11) is -3.54. The Morgan fingerprint density at radius 3 is 2.40 bits per heavy atom. The first-order valence-electron chi connectivity index (χ1n) is 6.76. The number of sulfonamides is 1. The van der Waals surface area contributed by atoms with Gasteiger partial charge < -0.3 is 4.90 Å². The minimum Gasteiger partial charge on any atom is -0.325 e. The van der Waals surface area contributed by atoms with Crippen molar-refractivity contribution in [2.45, 2.75) is 38.3 Å². The van der Waals surface area contributed by atoms with Crippen molar-refractivity contribution < 1.29 is 13.2 Å². The molecule has 0 bridgehead atoms. The third kappa shape index (κ3) is 2.58. The fourth-order valence-corrected chi connectivity index (χ4v) is 4.03. The summed E-state index contributed by atoms with van der Waals surface area (Å²) in [5, 5.41) is 0. The molecular formula is C14H20N2O3S. The van der Waals surface area contributed by atoms with Gasteiger partial charge in [-0.3, -0.25) is 4.79 Å². The molecule has 6 heteroatoms. The van der Waals surface area contributed by atoms with Crippen molar-refractivity contribution in [3.05, 3.63) is 29.8 Å². The highest BCUT2D eigenvalue weighted by atomic mass is 32.2. The highest BCUT2D eigenvalue weighted by Gasteiger charge is 2.38. The van der Waals surface area contributed by atoms with Gasteiger partial charge in [-0.25, -0.2) is 8.42 Å². The Balaban J connectivity index is 2.27. The maximum absolute atomic E-state index is 12.6. The van der Waals surface area contributed by atoms with E-state index < -0.39 is 16.2 Å². The summed E-state index contributed by atoms with van der Waals surface area (Å²) < 4.78 is 26.6. The standard InChI is InChI=1S/C14H20N2O3S/c1-4-14(17)15-9-10-16(12(15)3)20(18,19)13-7-5-11(2)6-8-13/h5-8,12H,4,9-10H2,1-3H3/t12-/m0/s1. The van der Waals surface area contributed by atoms with E-state index in [-0.39, 0.29) is 10.8 Å². The molecule has 1 amide bonds. The zero-order valence-electron chi connectivity index (χ0n) is 12.0. The molecule has 1 aromatic carbocycles. The number of carbonyl (C=O) groups excluding carboxylic acids is 1. The molecule has 2 rings (SSSR count). The second-order valence-corrected chi connectivity index (χ2v) is 6.89. The van der Waals surface area contributed by atoms with Gasteiger partial charge in [-0.2, -0.15) is 4.31 Å². The normalized spacial score (nSPS) is 20.4. The topological polar surface area (TPSA) is 57.7 Å². The van der Waals surface area contributed by atoms with Crippen LogP contribution in [0.4, 0.5) is 0 Å². The van der Waals surface area contributed by atoms with E-state index in [4.69, 9.17) is 0 Å². The smallest absolute Gasteiger partial charge is 0.244 e. The molecule has 1 saturated heterocycles. The van der Waals surface area contributed by atoms with E-state index in [0.29, 0.717) is 19.5 Å². The lowest BCUT2D eigenvalue weighted by atomic mass is 10.2. The number of aryl methyl sites for hydroxylation is 1. The monoisotopic (exact) mass is 296 g/mol. The van der Waals surface area contributed by atoms with E-state index in [1.165, 1.54) is 4.31 Å². The quantitative estimate of drug-likeness (QED) is 0.851. The van der Waals surface area contributed by atoms with Crippen molar-refractivity contribution in [1.82, 2.24) is 9.21 Å². The molecular weight excluding hydrogens is 276 g/mol. The Bertz CT molecular complexity index is 595. The first kappa shape index (κ1) is 15.0. The van der Waals surface area contributed by atoms with Gasteiger partial charge >= 0.3 is 0 Å². The fourth-order valence-electron chi connectivity index (χ4n) is 2.44. The number of hydrogen-bond acceptors (Lipinski definition) is 3. The lowest BCUT2D eigenvalue weighted by molar-refractivity contribution is -0.132. The van der Waals surface area contributed by atoms with Crippen LogP contribution in [-0.4, -0.2) is 42.8 Å². The van der Waals surface area contributed by atoms with Crippen LogP contribution in [0.2, 0.25) is 0 Å². The van der Waals surface area contributed by atoms with E-state index in [0.717, 1.165) is 5.56 Å². The lowest BCUT2D eigenvalue weighted by Gasteiger charge is -2.26. The van der Waals surface area contributed by atoms with E-state index in [1.807, 2.05) is 6.92 Å². The molecule has 1 heterocycles. The Labute approximate surface area is 120 Å². The first-order chi connectivity index (χ1) is 9.37. The van der Waals surface area contributed by atoms with Crippen LogP contribution in [-0.2, 0) is 14.8 Å². The number of nitrogens with zero attached hydrogens (tertiary/aromatic N) is 2. The van der Waals surface area contributed by atoms with Gasteiger partial charge in [-0.05, 0) is 26.0 Å². The van der Waals surface area contributed by atoms with Crippen molar-refractivity contribution in [2.75, 3.05) is 13.1 Å². The molecule has 5 nitrogen and oxygen atoms in total. The summed E-state index contributed by atoms with van der Waals surface area (Å²) in [6.45, 7) is 6.26. The summed E-state index contributed by atoms with van der Waals surface area (Å²) >= 11 is 0. The van der Waals surface area contributed by atoms with Crippen molar-refractivity contribution in [3.8, 4) is 0 Å². The van der Waals surface area contributed by atoms with E-state index in [1.54, 1.807) is 43.0 Å². The Kier molecular flexibility index (Phi) is 4.15. The minimum atomic E-state index is -3.54. The average Bonchev–Trinajstić information content (AvgIpc) is 2.81. The van der Waals surface area contributed by atoms with Crippen LogP contribution < -0.4 is 0 Å². The lowest BCUT2D eigenvalue weighted by Crippen LogP contribution is -2.42. The van der Waals surface area contributed by atoms with Crippen molar-refractivity contribution >= 4 is 15.9 Å². The Morgan fingerprint density at radius 2 is 1.85 bits per heavy atom. The van der Waals surface area contributed by atoms with Crippen molar-refractivity contribution in [1.29, 1.82) is 0 Å². The second kappa shape index (κ2) is 5.54. The number of amides is 1. The van der Waals surface area contributed by atoms with Crippen molar-refractivity contribution in [2.24, 2.45) is 0 Å². The van der Waals surface area contributed by atoms with Gasteiger partial charge in [0.15, 0.2) is 0 Å². The van der Waals surface area contributed by atoms with Crippen LogP contribution >= 0.6 is 0 Å². The van der Waals surface area contributed by atoms with Gasteiger partial charge in [0, 0.05) is 19.5 Å². The predicted molar refractivity (Wildman–Crippen MR) is 76.5 cm³/mol. The molecule has 0 spiro atoms. The molecule has 0 unspecified atom stereocenters. The number of carbonyl (C=O) groups is 1. The van der Waals surface area contributed by atoms with Gasteiger partial charge in [0.05, 0.1) is 11.1 Å². The molecule has 110 valence electrons. The van der Waals surface area contributed by atoms with Gasteiger partial charge in [0.1, 0.15) is 0 Å². The Hall–Kier alpha value is -1.40. The molecule has 1 aliphatic heterocycles. The van der Waals surface area contributed by atoms with Crippen LogP contribution in [0.1, 0.15) is 25.8 Å². The summed E-state index contributed by atoms with van der Waals surface area (Å²) in [5.41, 5.74) is 1.02. The molecule has 0 aliphatic carbocycles. The molecule has 1 atom stereocenters. The van der Waals surface area contributed by atoms with Gasteiger partial charge in [0.25, 0.3) is 0 Å². The van der Waals surface area contributed by atoms with E-state index in [2.05, 4.69) is 0 Å². The summed E-state index contributed by atoms with van der Waals surface area (Å²) in [6, 6.07) is 6.79. The average molecular weight is 296 g/mol. The number of hydrogen-bond donors (Lipinski definition) is 0. The molecule has 0 N–H and O–H groups in total. The molecule has 20 heavy (non-hydrogen) atoms. The molecule has 0 saturated carbocycles. The van der Waals surface area contributed by atoms with Crippen LogP contribution in [0.5, 0.6) is 0 Å². The fraction of sp³-hybridized carbons (Fsp3) is 0.500. The first-order valence-corrected chi connectivity index (χ1v) is 8.20. The maximum atomic E-state index is 12.6. The maximum Gasteiger partial charge on any atom is 0.244 e. The predicted octanol–water partition coefficient (Wildman–Crippen LogP) is 1.58. The Morgan fingerprint density at radius 1 is 1.25 bits per heavy atom. The van der Waals surface area contributed by atoms with E-state index >= 15 is 0 Å². The van der Waals surface area contributed by atoms with Gasteiger partial charge in [-0.15, -0.1) is 0 Å². The van der Waals surface area contributed by atoms with Gasteiger partial charge in [0.2, 0.25) is 15.9 Å². The molecule has 1 aromatic rings. The SMILES string of the molecule is CCC(=O)N1CCN(S(=O)(=O)c2ccc(C)cc2)[C@H]1C. The van der Waals surface area contributed by atoms with Crippen LogP contribution in [0.15, 0.2) is 29.2 Å². The van der Waals surface area contributed by atoms with Crippen LogP contribution in [0.25, 0.3) is 0 Å². The third-order valence-electron chi connectivity index (χ3n) is 3.68. The molecule has 1 aliphatic rings. The summed E-state index contributed by atoms with van der Waals surface area (Å²) in [5.74, 6) is -0.0147. The second-order valence-electron chi connectivity index (χ2n) is 5.00. The molecule has 1 fully saturated rings. The van der Waals surface area contributed by atoms with E-state index in [9.17, 15) is 13.2 Å². The van der Waals surface area contributed by atoms with Crippen LogP contribution in [0.3, 0.4) is 0 Å². The minimum absolute atomic E-state index is 0.0147. The number of rotatable bonds is 3. The zero-order valence-corrected chi connectivity index (χ0v) is 12.9. The van der Waals surface area contributed by atoms with Crippen molar-refractivity contribution in [3.63, 3.8) is 0 Å². The number of benzene rings is 1. The zero-order chi connectivity index (χ0) is 14.9. The largest absolute Gasteiger partial charge is 0.325 e. The highest BCUT2D eigenvalue weighted by molar-refractivity contribution is 7.89. The molecule has 0 radical (unpaired) electrons.